The van der Waals surface area contributed by atoms with Crippen LogP contribution < -0.4 is 25.7 Å². The Bertz CT molecular complexity index is 2670. The minimum Gasteiger partial charge on any atom is -0.458 e. The van der Waals surface area contributed by atoms with Gasteiger partial charge in [-0.3, -0.25) is 0 Å². The van der Waals surface area contributed by atoms with Crippen molar-refractivity contribution in [3.05, 3.63) is 126 Å². The average molecular weight is 694 g/mol. The second-order valence-corrected chi connectivity index (χ2v) is 18.7. The number of aryl methyl sites for hydroxylation is 2. The standard InChI is InChI=1S/C49H50BN2O/c1-29-14-12-13-15-35(29)40-19-16-30(28-51(40)11)31-22-42-45-44(23-31)53-43-21-18-33(48(5,6)7)26-38(43)50(45)39-27-34(49(8,9)10)25-37-36-24-32(47(2,3)4)17-20-41(36)52(42)46(37)39/h12-28H,1-11H3/q+1. The summed E-state index contributed by atoms with van der Waals surface area (Å²) in [7, 11) is 2.15. The van der Waals surface area contributed by atoms with Gasteiger partial charge in [0.25, 0.3) is 6.71 Å². The van der Waals surface area contributed by atoms with Gasteiger partial charge in [-0.2, -0.15) is 0 Å². The highest BCUT2D eigenvalue weighted by molar-refractivity contribution is 6.99. The monoisotopic (exact) mass is 693 g/mol. The molecule has 7 aromatic rings. The van der Waals surface area contributed by atoms with Crippen molar-refractivity contribution in [1.82, 2.24) is 4.57 Å². The van der Waals surface area contributed by atoms with E-state index in [4.69, 9.17) is 4.74 Å². The van der Waals surface area contributed by atoms with Gasteiger partial charge in [0.05, 0.1) is 5.52 Å². The zero-order valence-electron chi connectivity index (χ0n) is 33.2. The third kappa shape index (κ3) is 5.20. The number of ether oxygens (including phenoxy) is 1. The van der Waals surface area contributed by atoms with E-state index in [-0.39, 0.29) is 23.0 Å². The molecule has 2 aliphatic heterocycles. The van der Waals surface area contributed by atoms with Gasteiger partial charge < -0.3 is 9.30 Å². The van der Waals surface area contributed by atoms with E-state index in [1.807, 2.05) is 0 Å². The molecule has 0 amide bonds. The molecule has 0 spiro atoms. The van der Waals surface area contributed by atoms with Crippen LogP contribution >= 0.6 is 0 Å². The van der Waals surface area contributed by atoms with Crippen molar-refractivity contribution in [3.63, 3.8) is 0 Å². The summed E-state index contributed by atoms with van der Waals surface area (Å²) in [6.45, 7) is 23.1. The second-order valence-electron chi connectivity index (χ2n) is 18.7. The maximum absolute atomic E-state index is 7.03. The van der Waals surface area contributed by atoms with Crippen LogP contribution in [0.15, 0.2) is 103 Å². The molecule has 0 fully saturated rings. The molecule has 264 valence electrons. The molecule has 0 bridgehead atoms. The number of benzene rings is 5. The average Bonchev–Trinajstić information content (AvgIpc) is 3.43. The highest BCUT2D eigenvalue weighted by Gasteiger charge is 2.42. The van der Waals surface area contributed by atoms with Gasteiger partial charge in [0.1, 0.15) is 18.5 Å². The Hall–Kier alpha value is -5.09. The number of nitrogens with zero attached hydrogens (tertiary/aromatic N) is 2. The smallest absolute Gasteiger partial charge is 0.256 e. The van der Waals surface area contributed by atoms with Crippen molar-refractivity contribution in [2.24, 2.45) is 7.05 Å². The number of fused-ring (bicyclic) bond motifs is 7. The SMILES string of the molecule is Cc1ccccc1-c1ccc(-c2cc3c4c(c2)-n2c5ccc(C(C)(C)C)cc5c5cc(C(C)(C)C)cc(c52)B4c2cc(C(C)(C)C)ccc2O3)c[n+]1C. The number of hydrogen-bond acceptors (Lipinski definition) is 1. The Morgan fingerprint density at radius 2 is 1.26 bits per heavy atom. The van der Waals surface area contributed by atoms with Crippen molar-refractivity contribution < 1.29 is 9.30 Å². The highest BCUT2D eigenvalue weighted by atomic mass is 16.5. The summed E-state index contributed by atoms with van der Waals surface area (Å²) in [4.78, 5) is 0. The molecule has 0 saturated heterocycles. The minimum absolute atomic E-state index is 0.0114. The van der Waals surface area contributed by atoms with Crippen molar-refractivity contribution in [2.45, 2.75) is 85.5 Å². The van der Waals surface area contributed by atoms with Gasteiger partial charge in [0.15, 0.2) is 6.20 Å². The van der Waals surface area contributed by atoms with E-state index in [0.717, 1.165) is 22.6 Å². The Balaban J connectivity index is 1.38. The lowest BCUT2D eigenvalue weighted by molar-refractivity contribution is -0.659. The number of rotatable bonds is 2. The third-order valence-corrected chi connectivity index (χ3v) is 11.9. The fraction of sp³-hybridized carbons (Fsp3) is 0.286. The lowest BCUT2D eigenvalue weighted by Gasteiger charge is -2.35. The lowest BCUT2D eigenvalue weighted by Crippen LogP contribution is -2.58. The maximum Gasteiger partial charge on any atom is 0.256 e. The Morgan fingerprint density at radius 3 is 1.96 bits per heavy atom. The van der Waals surface area contributed by atoms with Crippen LogP contribution in [0.4, 0.5) is 0 Å². The van der Waals surface area contributed by atoms with E-state index in [1.165, 1.54) is 77.4 Å². The summed E-state index contributed by atoms with van der Waals surface area (Å²) in [5, 5.41) is 2.65. The van der Waals surface area contributed by atoms with Crippen molar-refractivity contribution in [1.29, 1.82) is 0 Å². The summed E-state index contributed by atoms with van der Waals surface area (Å²) in [6, 6.07) is 36.9. The van der Waals surface area contributed by atoms with Gasteiger partial charge in [-0.05, 0) is 116 Å². The third-order valence-electron chi connectivity index (χ3n) is 11.9. The largest absolute Gasteiger partial charge is 0.458 e. The molecule has 2 aliphatic rings. The summed E-state index contributed by atoms with van der Waals surface area (Å²) in [5.74, 6) is 1.89. The molecular formula is C49H50BN2O+. The first kappa shape index (κ1) is 33.7. The van der Waals surface area contributed by atoms with Crippen LogP contribution in [0.25, 0.3) is 49.9 Å². The molecule has 4 heterocycles. The van der Waals surface area contributed by atoms with Crippen LogP contribution in [0.5, 0.6) is 11.5 Å². The first-order chi connectivity index (χ1) is 25.0. The maximum atomic E-state index is 7.03. The molecular weight excluding hydrogens is 643 g/mol. The Kier molecular flexibility index (Phi) is 7.14. The van der Waals surface area contributed by atoms with Gasteiger partial charge in [0, 0.05) is 39.2 Å². The van der Waals surface area contributed by atoms with Gasteiger partial charge in [0.2, 0.25) is 5.69 Å². The summed E-state index contributed by atoms with van der Waals surface area (Å²) < 4.78 is 11.9. The topological polar surface area (TPSA) is 18.0 Å². The molecule has 2 aromatic heterocycles. The molecule has 0 N–H and O–H groups in total. The quantitative estimate of drug-likeness (QED) is 0.130. The molecule has 0 saturated carbocycles. The number of pyridine rings is 1. The van der Waals surface area contributed by atoms with Crippen LogP contribution in [-0.4, -0.2) is 11.3 Å². The molecule has 5 aromatic carbocycles. The molecule has 4 heteroatoms. The summed E-state index contributed by atoms with van der Waals surface area (Å²) in [6.07, 6.45) is 2.27. The van der Waals surface area contributed by atoms with Gasteiger partial charge in [-0.25, -0.2) is 4.57 Å². The van der Waals surface area contributed by atoms with Crippen molar-refractivity contribution in [3.8, 4) is 39.6 Å². The van der Waals surface area contributed by atoms with Gasteiger partial charge in [-0.15, -0.1) is 0 Å². The van der Waals surface area contributed by atoms with E-state index in [1.54, 1.807) is 0 Å². The minimum atomic E-state index is -0.0189. The van der Waals surface area contributed by atoms with E-state index in [2.05, 4.69) is 189 Å². The summed E-state index contributed by atoms with van der Waals surface area (Å²) >= 11 is 0. The van der Waals surface area contributed by atoms with Crippen LogP contribution in [0, 0.1) is 6.92 Å². The molecule has 3 nitrogen and oxygen atoms in total. The highest BCUT2D eigenvalue weighted by Crippen LogP contribution is 2.42. The second kappa shape index (κ2) is 11.2. The first-order valence-corrected chi connectivity index (χ1v) is 19.2. The fourth-order valence-electron chi connectivity index (χ4n) is 8.74. The Morgan fingerprint density at radius 1 is 0.604 bits per heavy atom. The van der Waals surface area contributed by atoms with Crippen LogP contribution in [0.1, 0.15) is 84.6 Å². The molecule has 0 radical (unpaired) electrons. The molecule has 0 atom stereocenters. The van der Waals surface area contributed by atoms with Crippen LogP contribution in [0.2, 0.25) is 0 Å². The van der Waals surface area contributed by atoms with E-state index in [0.29, 0.717) is 0 Å². The first-order valence-electron chi connectivity index (χ1n) is 19.2. The predicted octanol–water partition coefficient (Wildman–Crippen LogP) is 10.1. The predicted molar refractivity (Wildman–Crippen MR) is 225 cm³/mol. The number of aromatic nitrogens is 2. The van der Waals surface area contributed by atoms with E-state index < -0.39 is 0 Å². The lowest BCUT2D eigenvalue weighted by atomic mass is 9.34. The van der Waals surface area contributed by atoms with Crippen molar-refractivity contribution >= 4 is 44.9 Å². The van der Waals surface area contributed by atoms with E-state index in [9.17, 15) is 0 Å². The Labute approximate surface area is 315 Å². The fourth-order valence-corrected chi connectivity index (χ4v) is 8.74. The van der Waals surface area contributed by atoms with Gasteiger partial charge >= 0.3 is 0 Å². The zero-order valence-corrected chi connectivity index (χ0v) is 33.2. The molecule has 0 unspecified atom stereocenters. The van der Waals surface area contributed by atoms with E-state index >= 15 is 0 Å². The summed E-state index contributed by atoms with van der Waals surface area (Å²) in [5.41, 5.74) is 17.7. The van der Waals surface area contributed by atoms with Crippen LogP contribution in [0.3, 0.4) is 0 Å². The molecule has 9 rings (SSSR count). The van der Waals surface area contributed by atoms with Crippen molar-refractivity contribution in [2.75, 3.05) is 0 Å². The zero-order chi connectivity index (χ0) is 37.4. The van der Waals surface area contributed by atoms with Crippen LogP contribution in [-0.2, 0) is 23.3 Å². The molecule has 53 heavy (non-hydrogen) atoms. The number of hydrogen-bond donors (Lipinski definition) is 0. The van der Waals surface area contributed by atoms with Gasteiger partial charge in [-0.1, -0.05) is 105 Å². The normalized spacial score (nSPS) is 13.7. The molecule has 0 aliphatic carbocycles.